The number of carbonyl (C=O) groups is 2. The first kappa shape index (κ1) is 18.7. The van der Waals surface area contributed by atoms with Crippen molar-refractivity contribution in [3.8, 4) is 11.3 Å². The average Bonchev–Trinajstić information content (AvgIpc) is 3.15. The van der Waals surface area contributed by atoms with Crippen molar-refractivity contribution in [2.24, 2.45) is 0 Å². The minimum atomic E-state index is -1.14. The number of hydrogen-bond acceptors (Lipinski definition) is 6. The third-order valence-electron chi connectivity index (χ3n) is 3.67. The summed E-state index contributed by atoms with van der Waals surface area (Å²) in [6.45, 7) is 0.254. The summed E-state index contributed by atoms with van der Waals surface area (Å²) in [5.41, 5.74) is 0.879. The van der Waals surface area contributed by atoms with Crippen LogP contribution in [0.15, 0.2) is 45.7 Å². The largest absolute Gasteiger partial charge is 0.550 e. The summed E-state index contributed by atoms with van der Waals surface area (Å²) in [5, 5.41) is 11.1. The number of carboxylic acid groups (broad SMARTS) is 1. The zero-order chi connectivity index (χ0) is 18.7. The van der Waals surface area contributed by atoms with E-state index in [4.69, 9.17) is 28.2 Å². The molecule has 0 unspecified atom stereocenters. The van der Waals surface area contributed by atoms with Crippen molar-refractivity contribution in [2.75, 3.05) is 6.54 Å². The Bertz CT molecular complexity index is 889. The molecule has 0 saturated carbocycles. The number of carboxylic acids is 1. The fraction of sp³-hybridized carbons (Fsp3) is 0.167. The SMILES string of the molecule is O=C([O-])CCCN1C(=O)/C(=C\c2ccc(-c3ccc(Cl)cc3)o2)SC1=S. The summed E-state index contributed by atoms with van der Waals surface area (Å²) in [4.78, 5) is 24.8. The van der Waals surface area contributed by atoms with E-state index in [1.54, 1.807) is 24.3 Å². The van der Waals surface area contributed by atoms with Crippen LogP contribution in [0.4, 0.5) is 0 Å². The van der Waals surface area contributed by atoms with Gasteiger partial charge in [0.05, 0.1) is 4.91 Å². The van der Waals surface area contributed by atoms with E-state index in [2.05, 4.69) is 0 Å². The maximum atomic E-state index is 12.4. The number of benzene rings is 1. The average molecular weight is 407 g/mol. The molecule has 0 atom stereocenters. The molecule has 2 aromatic rings. The fourth-order valence-electron chi connectivity index (χ4n) is 2.40. The van der Waals surface area contributed by atoms with E-state index < -0.39 is 5.97 Å². The second kappa shape index (κ2) is 8.07. The van der Waals surface area contributed by atoms with Crippen molar-refractivity contribution in [2.45, 2.75) is 12.8 Å². The Morgan fingerprint density at radius 3 is 2.69 bits per heavy atom. The van der Waals surface area contributed by atoms with Crippen molar-refractivity contribution in [3.63, 3.8) is 0 Å². The predicted molar refractivity (Wildman–Crippen MR) is 103 cm³/mol. The molecule has 0 N–H and O–H groups in total. The van der Waals surface area contributed by atoms with Crippen LogP contribution in [0, 0.1) is 0 Å². The van der Waals surface area contributed by atoms with Gasteiger partial charge >= 0.3 is 0 Å². The molecule has 0 radical (unpaired) electrons. The van der Waals surface area contributed by atoms with Gasteiger partial charge in [-0.25, -0.2) is 0 Å². The normalized spacial score (nSPS) is 15.9. The minimum absolute atomic E-state index is 0.112. The van der Waals surface area contributed by atoms with Gasteiger partial charge < -0.3 is 14.3 Å². The zero-order valence-electron chi connectivity index (χ0n) is 13.4. The molecule has 1 fully saturated rings. The number of rotatable bonds is 6. The summed E-state index contributed by atoms with van der Waals surface area (Å²) in [6, 6.07) is 10.8. The van der Waals surface area contributed by atoms with Gasteiger partial charge in [-0.1, -0.05) is 35.6 Å². The van der Waals surface area contributed by atoms with Gasteiger partial charge in [-0.15, -0.1) is 0 Å². The lowest BCUT2D eigenvalue weighted by Crippen LogP contribution is -2.30. The van der Waals surface area contributed by atoms with Crippen LogP contribution in [-0.2, 0) is 9.59 Å². The molecule has 0 aliphatic carbocycles. The van der Waals surface area contributed by atoms with Crippen LogP contribution < -0.4 is 5.11 Å². The molecule has 1 aromatic heterocycles. The van der Waals surface area contributed by atoms with Gasteiger partial charge in [-0.05, 0) is 49.2 Å². The number of furan rings is 1. The Kier molecular flexibility index (Phi) is 5.80. The van der Waals surface area contributed by atoms with E-state index in [-0.39, 0.29) is 18.9 Å². The van der Waals surface area contributed by atoms with Gasteiger partial charge in [0.25, 0.3) is 5.91 Å². The molecule has 3 rings (SSSR count). The Hall–Kier alpha value is -2.09. The fourth-order valence-corrected chi connectivity index (χ4v) is 3.82. The quantitative estimate of drug-likeness (QED) is 0.541. The van der Waals surface area contributed by atoms with E-state index in [1.807, 2.05) is 18.2 Å². The summed E-state index contributed by atoms with van der Waals surface area (Å²) >= 11 is 12.3. The van der Waals surface area contributed by atoms with E-state index >= 15 is 0 Å². The molecule has 0 bridgehead atoms. The van der Waals surface area contributed by atoms with E-state index in [9.17, 15) is 14.7 Å². The molecule has 5 nitrogen and oxygen atoms in total. The summed E-state index contributed by atoms with van der Waals surface area (Å²) in [6.07, 6.45) is 1.82. The number of nitrogens with zero attached hydrogens (tertiary/aromatic N) is 1. The van der Waals surface area contributed by atoms with Crippen LogP contribution in [0.25, 0.3) is 17.4 Å². The number of thiocarbonyl (C=S) groups is 1. The standard InChI is InChI=1S/C18H14ClNO4S2/c19-12-5-3-11(4-6-12)14-8-7-13(24-14)10-15-17(23)20(18(25)26-15)9-1-2-16(21)22/h3-8,10H,1-2,9H2,(H,21,22)/p-1/b15-10+. The highest BCUT2D eigenvalue weighted by Crippen LogP contribution is 2.33. The van der Waals surface area contributed by atoms with Crippen molar-refractivity contribution in [1.29, 1.82) is 0 Å². The minimum Gasteiger partial charge on any atom is -0.550 e. The van der Waals surface area contributed by atoms with Crippen LogP contribution >= 0.6 is 35.6 Å². The molecular weight excluding hydrogens is 394 g/mol. The zero-order valence-corrected chi connectivity index (χ0v) is 15.8. The molecule has 1 aliphatic heterocycles. The Morgan fingerprint density at radius 2 is 2.00 bits per heavy atom. The Balaban J connectivity index is 1.72. The highest BCUT2D eigenvalue weighted by Gasteiger charge is 2.31. The van der Waals surface area contributed by atoms with Crippen LogP contribution in [0.1, 0.15) is 18.6 Å². The monoisotopic (exact) mass is 406 g/mol. The van der Waals surface area contributed by atoms with Gasteiger partial charge in [0.15, 0.2) is 0 Å². The Labute approximate surface area is 164 Å². The van der Waals surface area contributed by atoms with Crippen LogP contribution in [0.5, 0.6) is 0 Å². The molecular formula is C18H13ClNO4S2-. The number of hydrogen-bond donors (Lipinski definition) is 0. The first-order valence-electron chi connectivity index (χ1n) is 7.75. The van der Waals surface area contributed by atoms with Gasteiger partial charge in [0.1, 0.15) is 15.8 Å². The molecule has 134 valence electrons. The Morgan fingerprint density at radius 1 is 1.27 bits per heavy atom. The molecule has 26 heavy (non-hydrogen) atoms. The van der Waals surface area contributed by atoms with Gasteiger partial charge in [0, 0.05) is 29.2 Å². The van der Waals surface area contributed by atoms with Gasteiger partial charge in [0.2, 0.25) is 0 Å². The molecule has 1 aliphatic rings. The van der Waals surface area contributed by atoms with Gasteiger partial charge in [-0.2, -0.15) is 0 Å². The first-order chi connectivity index (χ1) is 12.4. The lowest BCUT2D eigenvalue weighted by Gasteiger charge is -2.14. The van der Waals surface area contributed by atoms with Crippen LogP contribution in [0.2, 0.25) is 5.02 Å². The smallest absolute Gasteiger partial charge is 0.266 e. The molecule has 2 heterocycles. The van der Waals surface area contributed by atoms with Crippen molar-refractivity contribution in [3.05, 3.63) is 52.1 Å². The maximum Gasteiger partial charge on any atom is 0.266 e. The molecule has 1 aromatic carbocycles. The maximum absolute atomic E-state index is 12.4. The van der Waals surface area contributed by atoms with Crippen molar-refractivity contribution in [1.82, 2.24) is 4.90 Å². The third-order valence-corrected chi connectivity index (χ3v) is 5.29. The predicted octanol–water partition coefficient (Wildman–Crippen LogP) is 3.33. The second-order valence-corrected chi connectivity index (χ2v) is 7.63. The van der Waals surface area contributed by atoms with Crippen molar-refractivity contribution >= 4 is 57.9 Å². The van der Waals surface area contributed by atoms with E-state index in [1.165, 1.54) is 16.7 Å². The van der Waals surface area contributed by atoms with E-state index in [0.717, 1.165) is 5.56 Å². The second-order valence-electron chi connectivity index (χ2n) is 5.52. The number of aliphatic carboxylic acids is 1. The van der Waals surface area contributed by atoms with Crippen molar-refractivity contribution < 1.29 is 19.1 Å². The molecule has 0 spiro atoms. The summed E-state index contributed by atoms with van der Waals surface area (Å²) in [7, 11) is 0. The summed E-state index contributed by atoms with van der Waals surface area (Å²) < 4.78 is 6.18. The lowest BCUT2D eigenvalue weighted by atomic mass is 10.2. The topological polar surface area (TPSA) is 73.6 Å². The number of halogens is 1. The number of carbonyl (C=O) groups excluding carboxylic acids is 2. The first-order valence-corrected chi connectivity index (χ1v) is 9.35. The van der Waals surface area contributed by atoms with Crippen LogP contribution in [-0.4, -0.2) is 27.6 Å². The highest BCUT2D eigenvalue weighted by atomic mass is 35.5. The highest BCUT2D eigenvalue weighted by molar-refractivity contribution is 8.26. The van der Waals surface area contributed by atoms with Gasteiger partial charge in [-0.3, -0.25) is 9.69 Å². The molecule has 8 heteroatoms. The third kappa shape index (κ3) is 4.35. The van der Waals surface area contributed by atoms with E-state index in [0.29, 0.717) is 32.2 Å². The summed E-state index contributed by atoms with van der Waals surface area (Å²) in [5.74, 6) is -0.193. The molecule has 1 saturated heterocycles. The number of amides is 1. The lowest BCUT2D eigenvalue weighted by molar-refractivity contribution is -0.305. The number of thioether (sulfide) groups is 1. The van der Waals surface area contributed by atoms with Crippen LogP contribution in [0.3, 0.4) is 0 Å². The molecule has 1 amide bonds.